The Morgan fingerprint density at radius 1 is 1.15 bits per heavy atom. The maximum atomic E-state index is 13.2. The van der Waals surface area contributed by atoms with E-state index in [1.807, 2.05) is 0 Å². The number of fused-ring (bicyclic) bond motifs is 1. The summed E-state index contributed by atoms with van der Waals surface area (Å²) in [5.41, 5.74) is 2.44. The van der Waals surface area contributed by atoms with Gasteiger partial charge in [0, 0.05) is 24.8 Å². The second-order valence-corrected chi connectivity index (χ2v) is 6.51. The average molecular weight is 354 g/mol. The molecule has 6 nitrogen and oxygen atoms in total. The number of halogens is 1. The number of amides is 1. The highest BCUT2D eigenvalue weighted by molar-refractivity contribution is 6.00. The van der Waals surface area contributed by atoms with Crippen LogP contribution in [0.3, 0.4) is 0 Å². The molecule has 3 heterocycles. The third kappa shape index (κ3) is 3.06. The van der Waals surface area contributed by atoms with Crippen LogP contribution >= 0.6 is 0 Å². The number of benzene rings is 1. The van der Waals surface area contributed by atoms with Crippen molar-refractivity contribution in [2.75, 3.05) is 13.1 Å². The van der Waals surface area contributed by atoms with Gasteiger partial charge in [-0.3, -0.25) is 4.79 Å². The normalized spacial score (nSPS) is 18.1. The molecule has 134 valence electrons. The van der Waals surface area contributed by atoms with Crippen LogP contribution in [-0.2, 0) is 0 Å². The van der Waals surface area contributed by atoms with Crippen LogP contribution in [0.2, 0.25) is 0 Å². The van der Waals surface area contributed by atoms with Crippen molar-refractivity contribution in [3.63, 3.8) is 0 Å². The van der Waals surface area contributed by atoms with Crippen LogP contribution in [0.4, 0.5) is 4.39 Å². The van der Waals surface area contributed by atoms with Crippen LogP contribution in [-0.4, -0.2) is 49.7 Å². The molecule has 3 aromatic rings. The minimum atomic E-state index is -0.347. The van der Waals surface area contributed by atoms with E-state index in [9.17, 15) is 14.3 Å². The number of aromatic nitrogens is 3. The monoisotopic (exact) mass is 354 g/mol. The molecule has 1 aliphatic rings. The molecule has 1 N–H and O–H groups in total. The maximum Gasteiger partial charge on any atom is 0.259 e. The Balaban J connectivity index is 1.70. The van der Waals surface area contributed by atoms with Gasteiger partial charge in [0.15, 0.2) is 5.65 Å². The number of aliphatic hydroxyl groups is 1. The highest BCUT2D eigenvalue weighted by Gasteiger charge is 2.24. The van der Waals surface area contributed by atoms with Gasteiger partial charge in [0.2, 0.25) is 0 Å². The van der Waals surface area contributed by atoms with Crippen molar-refractivity contribution in [3.05, 3.63) is 54.1 Å². The van der Waals surface area contributed by atoms with Gasteiger partial charge in [-0.25, -0.2) is 13.9 Å². The molecule has 1 fully saturated rings. The fraction of sp³-hybridized carbons (Fsp3) is 0.316. The third-order valence-corrected chi connectivity index (χ3v) is 4.76. The predicted molar refractivity (Wildman–Crippen MR) is 94.1 cm³/mol. The first kappa shape index (κ1) is 16.7. The van der Waals surface area contributed by atoms with Crippen LogP contribution in [0.5, 0.6) is 0 Å². The lowest BCUT2D eigenvalue weighted by Gasteiger charge is -2.19. The number of nitrogens with zero attached hydrogens (tertiary/aromatic N) is 4. The number of carbonyl (C=O) groups excluding carboxylic acids is 1. The van der Waals surface area contributed by atoms with Gasteiger partial charge in [0.25, 0.3) is 5.91 Å². The Morgan fingerprint density at radius 2 is 1.96 bits per heavy atom. The molecule has 1 atom stereocenters. The lowest BCUT2D eigenvalue weighted by Crippen LogP contribution is -2.32. The summed E-state index contributed by atoms with van der Waals surface area (Å²) in [7, 11) is 0. The topological polar surface area (TPSA) is 70.7 Å². The molecule has 7 heteroatoms. The maximum absolute atomic E-state index is 13.2. The predicted octanol–water partition coefficient (Wildman–Crippen LogP) is 2.52. The lowest BCUT2D eigenvalue weighted by atomic mass is 10.1. The fourth-order valence-electron chi connectivity index (χ4n) is 3.33. The Labute approximate surface area is 149 Å². The second-order valence-electron chi connectivity index (χ2n) is 6.51. The molecule has 1 aliphatic heterocycles. The SMILES string of the molecule is O=C(c1cnn2c(-c3ccc(F)cc3)ccnc12)N1CCC[C@@H](O)CC1. The zero-order valence-electron chi connectivity index (χ0n) is 14.2. The summed E-state index contributed by atoms with van der Waals surface area (Å²) < 4.78 is 14.8. The summed E-state index contributed by atoms with van der Waals surface area (Å²) >= 11 is 0. The fourth-order valence-corrected chi connectivity index (χ4v) is 3.33. The zero-order valence-corrected chi connectivity index (χ0v) is 14.2. The molecule has 0 aliphatic carbocycles. The average Bonchev–Trinajstić information content (AvgIpc) is 2.97. The summed E-state index contributed by atoms with van der Waals surface area (Å²) in [4.78, 5) is 19.0. The van der Waals surface area contributed by atoms with Crippen LogP contribution < -0.4 is 0 Å². The Kier molecular flexibility index (Phi) is 4.38. The molecule has 1 aromatic carbocycles. The van der Waals surface area contributed by atoms with Crippen LogP contribution in [0.1, 0.15) is 29.6 Å². The number of carbonyl (C=O) groups is 1. The highest BCUT2D eigenvalue weighted by atomic mass is 19.1. The van der Waals surface area contributed by atoms with Gasteiger partial charge in [-0.1, -0.05) is 0 Å². The molecule has 4 rings (SSSR count). The first-order chi connectivity index (χ1) is 12.6. The zero-order chi connectivity index (χ0) is 18.1. The molecule has 2 aromatic heterocycles. The van der Waals surface area contributed by atoms with Gasteiger partial charge in [-0.15, -0.1) is 0 Å². The second kappa shape index (κ2) is 6.84. The van der Waals surface area contributed by atoms with Gasteiger partial charge in [-0.05, 0) is 49.6 Å². The summed E-state index contributed by atoms with van der Waals surface area (Å²) in [5, 5.41) is 14.1. The van der Waals surface area contributed by atoms with E-state index in [0.717, 1.165) is 17.7 Å². The molecule has 0 unspecified atom stereocenters. The van der Waals surface area contributed by atoms with Crippen molar-refractivity contribution >= 4 is 11.6 Å². The van der Waals surface area contributed by atoms with Crippen molar-refractivity contribution in [1.82, 2.24) is 19.5 Å². The van der Waals surface area contributed by atoms with Crippen molar-refractivity contribution in [2.24, 2.45) is 0 Å². The molecule has 0 saturated carbocycles. The molecule has 0 spiro atoms. The van der Waals surface area contributed by atoms with E-state index in [-0.39, 0.29) is 17.8 Å². The molecule has 0 radical (unpaired) electrons. The van der Waals surface area contributed by atoms with E-state index >= 15 is 0 Å². The molecule has 0 bridgehead atoms. The quantitative estimate of drug-likeness (QED) is 0.768. The first-order valence-corrected chi connectivity index (χ1v) is 8.69. The van der Waals surface area contributed by atoms with E-state index in [1.165, 1.54) is 18.3 Å². The van der Waals surface area contributed by atoms with E-state index in [4.69, 9.17) is 0 Å². The number of hydrogen-bond acceptors (Lipinski definition) is 4. The number of hydrogen-bond donors (Lipinski definition) is 1. The van der Waals surface area contributed by atoms with Crippen LogP contribution in [0, 0.1) is 5.82 Å². The Bertz CT molecular complexity index is 938. The smallest absolute Gasteiger partial charge is 0.259 e. The van der Waals surface area contributed by atoms with Crippen molar-refractivity contribution in [2.45, 2.75) is 25.4 Å². The van der Waals surface area contributed by atoms with Gasteiger partial charge in [-0.2, -0.15) is 5.10 Å². The molecule has 1 saturated heterocycles. The van der Waals surface area contributed by atoms with Gasteiger partial charge in [0.1, 0.15) is 11.4 Å². The number of aliphatic hydroxyl groups excluding tert-OH is 1. The van der Waals surface area contributed by atoms with Crippen LogP contribution in [0.25, 0.3) is 16.9 Å². The molecule has 26 heavy (non-hydrogen) atoms. The number of rotatable bonds is 2. The van der Waals surface area contributed by atoms with Crippen molar-refractivity contribution in [1.29, 1.82) is 0 Å². The first-order valence-electron chi connectivity index (χ1n) is 8.69. The molecule has 1 amide bonds. The van der Waals surface area contributed by atoms with Crippen molar-refractivity contribution in [3.8, 4) is 11.3 Å². The van der Waals surface area contributed by atoms with Crippen LogP contribution in [0.15, 0.2) is 42.7 Å². The molecular formula is C19H19FN4O2. The van der Waals surface area contributed by atoms with E-state index < -0.39 is 0 Å². The van der Waals surface area contributed by atoms with Crippen molar-refractivity contribution < 1.29 is 14.3 Å². The van der Waals surface area contributed by atoms with Gasteiger partial charge >= 0.3 is 0 Å². The lowest BCUT2D eigenvalue weighted by molar-refractivity contribution is 0.0755. The van der Waals surface area contributed by atoms with E-state index in [1.54, 1.807) is 33.8 Å². The largest absolute Gasteiger partial charge is 0.393 e. The number of likely N-dealkylation sites (tertiary alicyclic amines) is 1. The third-order valence-electron chi connectivity index (χ3n) is 4.76. The van der Waals surface area contributed by atoms with E-state index in [2.05, 4.69) is 10.1 Å². The molecular weight excluding hydrogens is 335 g/mol. The van der Waals surface area contributed by atoms with Gasteiger partial charge < -0.3 is 10.0 Å². The highest BCUT2D eigenvalue weighted by Crippen LogP contribution is 2.22. The summed E-state index contributed by atoms with van der Waals surface area (Å²) in [6, 6.07) is 7.90. The Morgan fingerprint density at radius 3 is 2.77 bits per heavy atom. The summed E-state index contributed by atoms with van der Waals surface area (Å²) in [6.07, 6.45) is 4.88. The standard InChI is InChI=1S/C19H19FN4O2/c20-14-5-3-13(4-6-14)17-7-9-21-18-16(12-22-24(17)18)19(26)23-10-1-2-15(25)8-11-23/h3-7,9,12,15,25H,1-2,8,10-11H2/t15-/m1/s1. The van der Waals surface area contributed by atoms with E-state index in [0.29, 0.717) is 37.1 Å². The summed E-state index contributed by atoms with van der Waals surface area (Å²) in [5.74, 6) is -0.434. The Hall–Kier alpha value is -2.80. The van der Waals surface area contributed by atoms with Gasteiger partial charge in [0.05, 0.1) is 18.0 Å². The minimum absolute atomic E-state index is 0.127. The minimum Gasteiger partial charge on any atom is -0.393 e. The summed E-state index contributed by atoms with van der Waals surface area (Å²) in [6.45, 7) is 1.14.